The van der Waals surface area contributed by atoms with Crippen molar-refractivity contribution in [3.05, 3.63) is 58.5 Å². The molecule has 0 saturated heterocycles. The first-order chi connectivity index (χ1) is 9.72. The number of amides is 1. The van der Waals surface area contributed by atoms with Crippen molar-refractivity contribution >= 4 is 16.7 Å². The summed E-state index contributed by atoms with van der Waals surface area (Å²) in [5, 5.41) is 8.56. The van der Waals surface area contributed by atoms with Crippen LogP contribution in [0, 0.1) is 0 Å². The molecule has 6 heteroatoms. The van der Waals surface area contributed by atoms with Crippen molar-refractivity contribution < 1.29 is 4.79 Å². The minimum absolute atomic E-state index is 0.272. The van der Waals surface area contributed by atoms with E-state index < -0.39 is 11.9 Å². The van der Waals surface area contributed by atoms with Crippen molar-refractivity contribution in [1.29, 1.82) is 0 Å². The number of primary amides is 1. The van der Waals surface area contributed by atoms with Crippen LogP contribution < -0.4 is 11.1 Å². The average molecular weight is 269 g/mol. The second-order valence-electron chi connectivity index (χ2n) is 4.35. The molecule has 0 bridgehead atoms. The van der Waals surface area contributed by atoms with Gasteiger partial charge in [0.15, 0.2) is 0 Å². The molecule has 0 heterocycles. The van der Waals surface area contributed by atoms with Gasteiger partial charge in [0.25, 0.3) is 0 Å². The number of rotatable bonds is 6. The average Bonchev–Trinajstić information content (AvgIpc) is 2.46. The van der Waals surface area contributed by atoms with Crippen molar-refractivity contribution in [3.8, 4) is 0 Å². The van der Waals surface area contributed by atoms with Crippen LogP contribution in [-0.4, -0.2) is 19.0 Å². The number of nitrogens with zero attached hydrogens (tertiary/aromatic N) is 3. The molecule has 0 fully saturated rings. The summed E-state index contributed by atoms with van der Waals surface area (Å²) in [4.78, 5) is 14.2. The molecule has 1 atom stereocenters. The second-order valence-corrected chi connectivity index (χ2v) is 4.35. The second kappa shape index (κ2) is 6.56. The molecule has 20 heavy (non-hydrogen) atoms. The van der Waals surface area contributed by atoms with Gasteiger partial charge in [0.05, 0.1) is 0 Å². The molecule has 0 saturated carbocycles. The number of carbonyl (C=O) groups is 1. The molecule has 2 aromatic carbocycles. The molecule has 0 radical (unpaired) electrons. The van der Waals surface area contributed by atoms with Gasteiger partial charge in [-0.15, -0.1) is 0 Å². The van der Waals surface area contributed by atoms with Gasteiger partial charge in [-0.1, -0.05) is 41.5 Å². The van der Waals surface area contributed by atoms with Gasteiger partial charge in [-0.2, -0.15) is 0 Å². The van der Waals surface area contributed by atoms with E-state index in [2.05, 4.69) is 15.3 Å². The Balaban J connectivity index is 2.22. The Hall–Kier alpha value is -2.56. The van der Waals surface area contributed by atoms with Gasteiger partial charge in [-0.3, -0.25) is 4.79 Å². The fraction of sp³-hybridized carbons (Fsp3) is 0.214. The topological polar surface area (TPSA) is 104 Å². The Labute approximate surface area is 116 Å². The van der Waals surface area contributed by atoms with E-state index in [-0.39, 0.29) is 6.54 Å². The third-order valence-corrected chi connectivity index (χ3v) is 3.01. The quantitative estimate of drug-likeness (QED) is 0.363. The number of nitrogens with one attached hydrogen (secondary N) is 1. The highest BCUT2D eigenvalue weighted by Crippen LogP contribution is 2.20. The van der Waals surface area contributed by atoms with E-state index in [0.717, 1.165) is 16.3 Å². The minimum Gasteiger partial charge on any atom is -0.368 e. The minimum atomic E-state index is -0.589. The van der Waals surface area contributed by atoms with Gasteiger partial charge in [0.1, 0.15) is 6.04 Å². The summed E-state index contributed by atoms with van der Waals surface area (Å²) in [5.74, 6) is -0.457. The lowest BCUT2D eigenvalue weighted by Crippen LogP contribution is -2.34. The van der Waals surface area contributed by atoms with Crippen LogP contribution in [0.15, 0.2) is 47.6 Å². The number of hydrogen-bond acceptors (Lipinski definition) is 3. The van der Waals surface area contributed by atoms with E-state index in [1.54, 1.807) is 0 Å². The maximum atomic E-state index is 11.6. The van der Waals surface area contributed by atoms with Crippen LogP contribution in [-0.2, 0) is 4.79 Å². The van der Waals surface area contributed by atoms with Gasteiger partial charge in [-0.25, -0.2) is 0 Å². The summed E-state index contributed by atoms with van der Waals surface area (Å²) < 4.78 is 0. The molecule has 0 aliphatic rings. The predicted molar refractivity (Wildman–Crippen MR) is 77.9 cm³/mol. The molecule has 2 aromatic rings. The number of carbonyl (C=O) groups excluding carboxylic acids is 1. The Kier molecular flexibility index (Phi) is 4.55. The van der Waals surface area contributed by atoms with Gasteiger partial charge < -0.3 is 11.1 Å². The predicted octanol–water partition coefficient (Wildman–Crippen LogP) is 2.27. The molecule has 0 aliphatic carbocycles. The fourth-order valence-corrected chi connectivity index (χ4v) is 2.07. The standard InChI is InChI=1S/C14H15N5O/c15-14(20)13(17-7-8-18-19-16)12-6-5-10-3-1-2-4-11(10)9-12/h1-6,9,13,17H,7-8H2,(H2,15,20). The normalized spacial score (nSPS) is 11.8. The van der Waals surface area contributed by atoms with Crippen LogP contribution >= 0.6 is 0 Å². The first-order valence-electron chi connectivity index (χ1n) is 6.24. The Morgan fingerprint density at radius 3 is 2.75 bits per heavy atom. The zero-order valence-corrected chi connectivity index (χ0v) is 10.9. The van der Waals surface area contributed by atoms with Crippen molar-refractivity contribution in [2.45, 2.75) is 6.04 Å². The third kappa shape index (κ3) is 3.26. The van der Waals surface area contributed by atoms with E-state index in [1.807, 2.05) is 42.5 Å². The molecular formula is C14H15N5O. The van der Waals surface area contributed by atoms with E-state index in [4.69, 9.17) is 11.3 Å². The molecule has 6 nitrogen and oxygen atoms in total. The number of fused-ring (bicyclic) bond motifs is 1. The van der Waals surface area contributed by atoms with Crippen LogP contribution in [0.4, 0.5) is 0 Å². The van der Waals surface area contributed by atoms with E-state index in [9.17, 15) is 4.79 Å². The number of hydrogen-bond donors (Lipinski definition) is 2. The first-order valence-corrected chi connectivity index (χ1v) is 6.24. The first kappa shape index (κ1) is 13.9. The number of benzene rings is 2. The van der Waals surface area contributed by atoms with Crippen LogP contribution in [0.5, 0.6) is 0 Å². The van der Waals surface area contributed by atoms with Crippen LogP contribution in [0.3, 0.4) is 0 Å². The summed E-state index contributed by atoms with van der Waals surface area (Å²) in [7, 11) is 0. The smallest absolute Gasteiger partial charge is 0.239 e. The van der Waals surface area contributed by atoms with E-state index >= 15 is 0 Å². The molecule has 3 N–H and O–H groups in total. The lowest BCUT2D eigenvalue weighted by atomic mass is 10.0. The van der Waals surface area contributed by atoms with Crippen LogP contribution in [0.25, 0.3) is 21.2 Å². The van der Waals surface area contributed by atoms with Crippen LogP contribution in [0.1, 0.15) is 11.6 Å². The summed E-state index contributed by atoms with van der Waals surface area (Å²) in [6.07, 6.45) is 0. The van der Waals surface area contributed by atoms with Crippen molar-refractivity contribution in [2.24, 2.45) is 10.8 Å². The molecule has 102 valence electrons. The Bertz CT molecular complexity index is 663. The highest BCUT2D eigenvalue weighted by atomic mass is 16.1. The Morgan fingerprint density at radius 2 is 2.05 bits per heavy atom. The monoisotopic (exact) mass is 269 g/mol. The molecule has 0 aliphatic heterocycles. The lowest BCUT2D eigenvalue weighted by Gasteiger charge is -2.15. The highest BCUT2D eigenvalue weighted by Gasteiger charge is 2.16. The SMILES string of the molecule is [N-]=[N+]=NCCNC(C(N)=O)c1ccc2ccccc2c1. The van der Waals surface area contributed by atoms with Crippen molar-refractivity contribution in [3.63, 3.8) is 0 Å². The summed E-state index contributed by atoms with van der Waals surface area (Å²) in [6.45, 7) is 0.665. The third-order valence-electron chi connectivity index (χ3n) is 3.01. The summed E-state index contributed by atoms with van der Waals surface area (Å²) in [5.41, 5.74) is 14.4. The number of nitrogens with two attached hydrogens (primary N) is 1. The highest BCUT2D eigenvalue weighted by molar-refractivity contribution is 5.86. The molecular weight excluding hydrogens is 254 g/mol. The maximum Gasteiger partial charge on any atom is 0.239 e. The summed E-state index contributed by atoms with van der Waals surface area (Å²) >= 11 is 0. The van der Waals surface area contributed by atoms with Gasteiger partial charge in [-0.05, 0) is 27.9 Å². The zero-order valence-electron chi connectivity index (χ0n) is 10.9. The maximum absolute atomic E-state index is 11.6. The molecule has 1 unspecified atom stereocenters. The van der Waals surface area contributed by atoms with Gasteiger partial charge in [0, 0.05) is 18.0 Å². The zero-order chi connectivity index (χ0) is 14.4. The number of azide groups is 1. The molecule has 0 spiro atoms. The fourth-order valence-electron chi connectivity index (χ4n) is 2.07. The van der Waals surface area contributed by atoms with Crippen molar-refractivity contribution in [2.75, 3.05) is 13.1 Å². The van der Waals surface area contributed by atoms with Crippen LogP contribution in [0.2, 0.25) is 0 Å². The summed E-state index contributed by atoms with van der Waals surface area (Å²) in [6, 6.07) is 13.1. The molecule has 0 aromatic heterocycles. The molecule has 1 amide bonds. The van der Waals surface area contributed by atoms with E-state index in [0.29, 0.717) is 6.54 Å². The van der Waals surface area contributed by atoms with E-state index in [1.165, 1.54) is 0 Å². The Morgan fingerprint density at radius 1 is 1.30 bits per heavy atom. The molecule has 2 rings (SSSR count). The van der Waals surface area contributed by atoms with Crippen molar-refractivity contribution in [1.82, 2.24) is 5.32 Å². The van der Waals surface area contributed by atoms with Gasteiger partial charge >= 0.3 is 0 Å². The largest absolute Gasteiger partial charge is 0.368 e. The van der Waals surface area contributed by atoms with Gasteiger partial charge in [0.2, 0.25) is 5.91 Å². The lowest BCUT2D eigenvalue weighted by molar-refractivity contribution is -0.120.